The summed E-state index contributed by atoms with van der Waals surface area (Å²) in [7, 11) is 0. The Bertz CT molecular complexity index is 379. The van der Waals surface area contributed by atoms with Crippen LogP contribution in [0.4, 0.5) is 0 Å². The van der Waals surface area contributed by atoms with Gasteiger partial charge < -0.3 is 9.47 Å². The van der Waals surface area contributed by atoms with E-state index in [1.54, 1.807) is 0 Å². The quantitative estimate of drug-likeness (QED) is 0.800. The van der Waals surface area contributed by atoms with Crippen molar-refractivity contribution in [2.75, 3.05) is 19.8 Å². The number of rotatable bonds is 5. The highest BCUT2D eigenvalue weighted by Gasteiger charge is 2.17. The van der Waals surface area contributed by atoms with Gasteiger partial charge in [0.25, 0.3) is 0 Å². The van der Waals surface area contributed by atoms with Gasteiger partial charge >= 0.3 is 0 Å². The van der Waals surface area contributed by atoms with Gasteiger partial charge in [-0.05, 0) is 24.3 Å². The van der Waals surface area contributed by atoms with Gasteiger partial charge in [0.2, 0.25) is 0 Å². The van der Waals surface area contributed by atoms with Crippen LogP contribution in [0.25, 0.3) is 0 Å². The Morgan fingerprint density at radius 3 is 2.67 bits per heavy atom. The summed E-state index contributed by atoms with van der Waals surface area (Å²) in [5.74, 6) is 0.573. The average molecular weight is 245 g/mol. The highest BCUT2D eigenvalue weighted by atomic mass is 16.5. The van der Waals surface area contributed by atoms with Crippen LogP contribution >= 0.6 is 0 Å². The lowest BCUT2D eigenvalue weighted by Gasteiger charge is -2.24. The van der Waals surface area contributed by atoms with Crippen LogP contribution in [-0.2, 0) is 9.47 Å². The van der Waals surface area contributed by atoms with Gasteiger partial charge in [-0.3, -0.25) is 0 Å². The largest absolute Gasteiger partial charge is 0.381 e. The summed E-state index contributed by atoms with van der Waals surface area (Å²) in [5.41, 5.74) is 1.09. The summed E-state index contributed by atoms with van der Waals surface area (Å²) in [4.78, 5) is 0. The summed E-state index contributed by atoms with van der Waals surface area (Å²) in [6.07, 6.45) is 2.44. The van der Waals surface area contributed by atoms with Gasteiger partial charge in [0.15, 0.2) is 0 Å². The molecule has 1 aromatic rings. The van der Waals surface area contributed by atoms with Gasteiger partial charge in [0.1, 0.15) is 0 Å². The maximum atomic E-state index is 8.88. The fourth-order valence-corrected chi connectivity index (χ4v) is 2.19. The summed E-state index contributed by atoms with van der Waals surface area (Å²) < 4.78 is 11.3. The van der Waals surface area contributed by atoms with E-state index in [1.807, 2.05) is 30.3 Å². The second-order valence-corrected chi connectivity index (χ2v) is 4.65. The highest BCUT2D eigenvalue weighted by Crippen LogP contribution is 2.23. The second-order valence-electron chi connectivity index (χ2n) is 4.65. The number of benzene rings is 1. The summed E-state index contributed by atoms with van der Waals surface area (Å²) in [5, 5.41) is 8.88. The van der Waals surface area contributed by atoms with Gasteiger partial charge in [0, 0.05) is 13.2 Å². The molecular formula is C15H19NO2. The predicted molar refractivity (Wildman–Crippen MR) is 68.9 cm³/mol. The van der Waals surface area contributed by atoms with Gasteiger partial charge in [-0.2, -0.15) is 5.26 Å². The molecule has 1 atom stereocenters. The molecule has 0 aromatic heterocycles. The molecule has 0 bridgehead atoms. The van der Waals surface area contributed by atoms with Crippen molar-refractivity contribution in [3.8, 4) is 6.07 Å². The normalized spacial score (nSPS) is 18.2. The van der Waals surface area contributed by atoms with Crippen LogP contribution in [0.1, 0.15) is 30.9 Å². The first kappa shape index (κ1) is 13.1. The van der Waals surface area contributed by atoms with E-state index in [0.29, 0.717) is 12.3 Å². The molecule has 96 valence electrons. The highest BCUT2D eigenvalue weighted by molar-refractivity contribution is 5.18. The van der Waals surface area contributed by atoms with Crippen molar-refractivity contribution in [2.24, 2.45) is 5.92 Å². The molecule has 1 fully saturated rings. The molecule has 1 unspecified atom stereocenters. The third kappa shape index (κ3) is 3.83. The molecule has 2 rings (SSSR count). The van der Waals surface area contributed by atoms with E-state index >= 15 is 0 Å². The van der Waals surface area contributed by atoms with Crippen LogP contribution in [-0.4, -0.2) is 19.8 Å². The van der Waals surface area contributed by atoms with Crippen LogP contribution in [0.2, 0.25) is 0 Å². The van der Waals surface area contributed by atoms with Crippen molar-refractivity contribution in [1.82, 2.24) is 0 Å². The summed E-state index contributed by atoms with van der Waals surface area (Å²) in [6.45, 7) is 2.40. The van der Waals surface area contributed by atoms with Crippen molar-refractivity contribution >= 4 is 0 Å². The molecular weight excluding hydrogens is 226 g/mol. The Morgan fingerprint density at radius 2 is 2.00 bits per heavy atom. The molecule has 3 nitrogen and oxygen atoms in total. The van der Waals surface area contributed by atoms with E-state index in [1.165, 1.54) is 0 Å². The molecule has 1 heterocycles. The Balaban J connectivity index is 1.88. The fraction of sp³-hybridized carbons (Fsp3) is 0.533. The lowest BCUT2D eigenvalue weighted by molar-refractivity contribution is -0.0102. The van der Waals surface area contributed by atoms with E-state index in [-0.39, 0.29) is 6.10 Å². The number of ether oxygens (including phenoxy) is 2. The molecule has 1 aromatic carbocycles. The first-order chi connectivity index (χ1) is 8.90. The van der Waals surface area contributed by atoms with Crippen molar-refractivity contribution in [3.05, 3.63) is 35.9 Å². The van der Waals surface area contributed by atoms with Crippen LogP contribution in [0.15, 0.2) is 30.3 Å². The van der Waals surface area contributed by atoms with Crippen LogP contribution in [0.5, 0.6) is 0 Å². The maximum absolute atomic E-state index is 8.88. The first-order valence-corrected chi connectivity index (χ1v) is 6.51. The number of nitriles is 1. The SMILES string of the molecule is N#CCC(OCC1CCOCC1)c1ccccc1. The van der Waals surface area contributed by atoms with Crippen LogP contribution < -0.4 is 0 Å². The number of hydrogen-bond donors (Lipinski definition) is 0. The van der Waals surface area contributed by atoms with Gasteiger partial charge in [0.05, 0.1) is 25.2 Å². The van der Waals surface area contributed by atoms with Gasteiger partial charge in [-0.1, -0.05) is 30.3 Å². The molecule has 0 aliphatic carbocycles. The zero-order valence-corrected chi connectivity index (χ0v) is 10.5. The maximum Gasteiger partial charge on any atom is 0.0954 e. The molecule has 18 heavy (non-hydrogen) atoms. The molecule has 0 N–H and O–H groups in total. The van der Waals surface area contributed by atoms with Crippen molar-refractivity contribution in [3.63, 3.8) is 0 Å². The van der Waals surface area contributed by atoms with E-state index in [0.717, 1.165) is 38.2 Å². The molecule has 0 saturated carbocycles. The van der Waals surface area contributed by atoms with Crippen molar-refractivity contribution < 1.29 is 9.47 Å². The number of hydrogen-bond acceptors (Lipinski definition) is 3. The predicted octanol–water partition coefficient (Wildman–Crippen LogP) is 3.08. The minimum atomic E-state index is -0.0981. The average Bonchev–Trinajstić information content (AvgIpc) is 2.45. The third-order valence-corrected chi connectivity index (χ3v) is 3.32. The minimum Gasteiger partial charge on any atom is -0.381 e. The van der Waals surface area contributed by atoms with E-state index < -0.39 is 0 Å². The Hall–Kier alpha value is -1.37. The number of nitrogens with zero attached hydrogens (tertiary/aromatic N) is 1. The van der Waals surface area contributed by atoms with Gasteiger partial charge in [-0.15, -0.1) is 0 Å². The minimum absolute atomic E-state index is 0.0981. The molecule has 0 radical (unpaired) electrons. The Labute approximate surface area is 108 Å². The molecule has 1 aliphatic rings. The monoisotopic (exact) mass is 245 g/mol. The summed E-state index contributed by atoms with van der Waals surface area (Å²) in [6, 6.07) is 12.2. The lowest BCUT2D eigenvalue weighted by atomic mass is 10.0. The molecule has 0 amide bonds. The topological polar surface area (TPSA) is 42.2 Å². The third-order valence-electron chi connectivity index (χ3n) is 3.32. The standard InChI is InChI=1S/C15H19NO2/c16-9-6-15(14-4-2-1-3-5-14)18-12-13-7-10-17-11-8-13/h1-5,13,15H,6-8,10-12H2. The smallest absolute Gasteiger partial charge is 0.0954 e. The summed E-state index contributed by atoms with van der Waals surface area (Å²) >= 11 is 0. The molecule has 1 aliphatic heterocycles. The van der Waals surface area contributed by atoms with Crippen molar-refractivity contribution in [2.45, 2.75) is 25.4 Å². The van der Waals surface area contributed by atoms with Gasteiger partial charge in [-0.25, -0.2) is 0 Å². The second kappa shape index (κ2) is 7.15. The van der Waals surface area contributed by atoms with E-state index in [2.05, 4.69) is 6.07 Å². The Kier molecular flexibility index (Phi) is 5.19. The molecule has 1 saturated heterocycles. The zero-order chi connectivity index (χ0) is 12.6. The van der Waals surface area contributed by atoms with E-state index in [4.69, 9.17) is 14.7 Å². The fourth-order valence-electron chi connectivity index (χ4n) is 2.19. The van der Waals surface area contributed by atoms with Crippen LogP contribution in [0.3, 0.4) is 0 Å². The lowest BCUT2D eigenvalue weighted by Crippen LogP contribution is -2.21. The van der Waals surface area contributed by atoms with Crippen LogP contribution in [0, 0.1) is 17.2 Å². The van der Waals surface area contributed by atoms with Crippen molar-refractivity contribution in [1.29, 1.82) is 5.26 Å². The first-order valence-electron chi connectivity index (χ1n) is 6.51. The Morgan fingerprint density at radius 1 is 1.28 bits per heavy atom. The molecule has 3 heteroatoms. The zero-order valence-electron chi connectivity index (χ0n) is 10.5. The van der Waals surface area contributed by atoms with E-state index in [9.17, 15) is 0 Å². The molecule has 0 spiro atoms.